The van der Waals surface area contributed by atoms with Crippen molar-refractivity contribution in [3.05, 3.63) is 21.9 Å². The second-order valence-electron chi connectivity index (χ2n) is 5.62. The zero-order chi connectivity index (χ0) is 16.4. The standard InChI is InChI=1S/C15H18N6O2S/c1-22-7-2-5-16-14-15(18-13-12(17-14)19-23-20-13)21-6-3-11-10(9-21)4-8-24-11/h4,8H,2-3,5-7,9H2,1H3,(H,16,17,19). The molecule has 1 N–H and O–H groups in total. The lowest BCUT2D eigenvalue weighted by Crippen LogP contribution is -2.31. The van der Waals surface area contributed by atoms with Crippen molar-refractivity contribution in [2.24, 2.45) is 0 Å². The van der Waals surface area contributed by atoms with Gasteiger partial charge in [-0.3, -0.25) is 0 Å². The topological polar surface area (TPSA) is 89.2 Å². The Morgan fingerprint density at radius 1 is 1.33 bits per heavy atom. The number of fused-ring (bicyclic) bond motifs is 2. The normalized spacial score (nSPS) is 14.1. The van der Waals surface area contributed by atoms with Crippen molar-refractivity contribution in [1.82, 2.24) is 20.3 Å². The van der Waals surface area contributed by atoms with Crippen molar-refractivity contribution in [1.29, 1.82) is 0 Å². The fourth-order valence-corrected chi connectivity index (χ4v) is 3.71. The first kappa shape index (κ1) is 15.3. The van der Waals surface area contributed by atoms with Crippen molar-refractivity contribution in [2.75, 3.05) is 37.0 Å². The third-order valence-electron chi connectivity index (χ3n) is 4.02. The third-order valence-corrected chi connectivity index (χ3v) is 5.04. The van der Waals surface area contributed by atoms with E-state index < -0.39 is 0 Å². The lowest BCUT2D eigenvalue weighted by Gasteiger charge is -2.29. The molecule has 0 atom stereocenters. The van der Waals surface area contributed by atoms with Gasteiger partial charge in [-0.05, 0) is 40.2 Å². The van der Waals surface area contributed by atoms with Gasteiger partial charge in [-0.2, -0.15) is 0 Å². The van der Waals surface area contributed by atoms with Gasteiger partial charge in [-0.25, -0.2) is 14.6 Å². The Kier molecular flexibility index (Phi) is 4.26. The molecule has 0 fully saturated rings. The van der Waals surface area contributed by atoms with E-state index >= 15 is 0 Å². The van der Waals surface area contributed by atoms with E-state index in [0.29, 0.717) is 23.7 Å². The summed E-state index contributed by atoms with van der Waals surface area (Å²) in [6.45, 7) is 3.19. The van der Waals surface area contributed by atoms with Gasteiger partial charge in [-0.15, -0.1) is 11.3 Å². The minimum absolute atomic E-state index is 0.418. The zero-order valence-corrected chi connectivity index (χ0v) is 14.2. The number of aromatic nitrogens is 4. The van der Waals surface area contributed by atoms with Crippen LogP contribution in [0.15, 0.2) is 16.1 Å². The Bertz CT molecular complexity index is 832. The van der Waals surface area contributed by atoms with Gasteiger partial charge in [0.15, 0.2) is 11.6 Å². The highest BCUT2D eigenvalue weighted by molar-refractivity contribution is 7.10. The number of methoxy groups -OCH3 is 1. The fourth-order valence-electron chi connectivity index (χ4n) is 2.82. The predicted molar refractivity (Wildman–Crippen MR) is 91.4 cm³/mol. The molecule has 0 unspecified atom stereocenters. The third kappa shape index (κ3) is 2.92. The van der Waals surface area contributed by atoms with Crippen LogP contribution in [0.1, 0.15) is 16.9 Å². The van der Waals surface area contributed by atoms with E-state index in [1.165, 1.54) is 10.4 Å². The summed E-state index contributed by atoms with van der Waals surface area (Å²) >= 11 is 1.82. The van der Waals surface area contributed by atoms with E-state index in [9.17, 15) is 0 Å². The maximum Gasteiger partial charge on any atom is 0.245 e. The minimum Gasteiger partial charge on any atom is -0.385 e. The molecule has 4 rings (SSSR count). The van der Waals surface area contributed by atoms with Gasteiger partial charge in [0.05, 0.1) is 0 Å². The van der Waals surface area contributed by atoms with Crippen LogP contribution in [-0.2, 0) is 17.7 Å². The van der Waals surface area contributed by atoms with Crippen LogP contribution >= 0.6 is 11.3 Å². The van der Waals surface area contributed by atoms with E-state index in [4.69, 9.17) is 9.37 Å². The van der Waals surface area contributed by atoms with E-state index in [1.807, 2.05) is 11.3 Å². The summed E-state index contributed by atoms with van der Waals surface area (Å²) in [5, 5.41) is 13.1. The van der Waals surface area contributed by atoms with Crippen molar-refractivity contribution in [3.63, 3.8) is 0 Å². The molecule has 0 amide bonds. The van der Waals surface area contributed by atoms with Gasteiger partial charge >= 0.3 is 0 Å². The largest absolute Gasteiger partial charge is 0.385 e. The van der Waals surface area contributed by atoms with E-state index in [2.05, 4.69) is 41.9 Å². The molecule has 0 saturated heterocycles. The van der Waals surface area contributed by atoms with Crippen LogP contribution in [0.25, 0.3) is 11.3 Å². The number of hydrogen-bond donors (Lipinski definition) is 1. The minimum atomic E-state index is 0.418. The average Bonchev–Trinajstić information content (AvgIpc) is 3.25. The molecular weight excluding hydrogens is 328 g/mol. The first-order valence-electron chi connectivity index (χ1n) is 7.88. The summed E-state index contributed by atoms with van der Waals surface area (Å²) in [5.41, 5.74) is 2.21. The monoisotopic (exact) mass is 346 g/mol. The number of nitrogens with zero attached hydrogens (tertiary/aromatic N) is 5. The first-order chi connectivity index (χ1) is 11.8. The van der Waals surface area contributed by atoms with Crippen LogP contribution in [0.4, 0.5) is 11.6 Å². The lowest BCUT2D eigenvalue weighted by atomic mass is 10.1. The molecular formula is C15H18N6O2S. The molecule has 0 aromatic carbocycles. The Labute approximate surface area is 142 Å². The number of ether oxygens (including phenoxy) is 1. The van der Waals surface area contributed by atoms with E-state index in [-0.39, 0.29) is 0 Å². The van der Waals surface area contributed by atoms with Gasteiger partial charge < -0.3 is 15.0 Å². The van der Waals surface area contributed by atoms with Gasteiger partial charge in [0, 0.05) is 38.2 Å². The van der Waals surface area contributed by atoms with Crippen LogP contribution in [0.3, 0.4) is 0 Å². The summed E-state index contributed by atoms with van der Waals surface area (Å²) in [4.78, 5) is 12.8. The highest BCUT2D eigenvalue weighted by Crippen LogP contribution is 2.30. The van der Waals surface area contributed by atoms with E-state index in [0.717, 1.165) is 38.3 Å². The Morgan fingerprint density at radius 2 is 2.21 bits per heavy atom. The molecule has 9 heteroatoms. The Balaban J connectivity index is 1.62. The van der Waals surface area contributed by atoms with E-state index in [1.54, 1.807) is 7.11 Å². The Hall–Kier alpha value is -2.26. The molecule has 1 aliphatic rings. The fraction of sp³-hybridized carbons (Fsp3) is 0.467. The highest BCUT2D eigenvalue weighted by atomic mass is 32.1. The quantitative estimate of drug-likeness (QED) is 0.679. The van der Waals surface area contributed by atoms with Gasteiger partial charge in [0.2, 0.25) is 11.3 Å². The highest BCUT2D eigenvalue weighted by Gasteiger charge is 2.23. The first-order valence-corrected chi connectivity index (χ1v) is 8.76. The molecule has 8 nitrogen and oxygen atoms in total. The SMILES string of the molecule is COCCCNc1nc2nonc2nc1N1CCc2sccc2C1. The van der Waals surface area contributed by atoms with Gasteiger partial charge in [-0.1, -0.05) is 0 Å². The summed E-state index contributed by atoms with van der Waals surface area (Å²) in [6, 6.07) is 2.18. The summed E-state index contributed by atoms with van der Waals surface area (Å²) in [7, 11) is 1.70. The number of rotatable bonds is 6. The molecule has 0 bridgehead atoms. The second-order valence-corrected chi connectivity index (χ2v) is 6.62. The van der Waals surface area contributed by atoms with Gasteiger partial charge in [0.1, 0.15) is 0 Å². The molecule has 24 heavy (non-hydrogen) atoms. The lowest BCUT2D eigenvalue weighted by molar-refractivity contribution is 0.198. The summed E-state index contributed by atoms with van der Waals surface area (Å²) in [6.07, 6.45) is 1.91. The van der Waals surface area contributed by atoms with Gasteiger partial charge in [0.25, 0.3) is 0 Å². The smallest absolute Gasteiger partial charge is 0.245 e. The maximum absolute atomic E-state index is 5.09. The molecule has 4 heterocycles. The van der Waals surface area contributed by atoms with Crippen molar-refractivity contribution in [2.45, 2.75) is 19.4 Å². The van der Waals surface area contributed by atoms with Crippen molar-refractivity contribution in [3.8, 4) is 0 Å². The van der Waals surface area contributed by atoms with Crippen LogP contribution in [0.5, 0.6) is 0 Å². The van der Waals surface area contributed by atoms with Crippen LogP contribution in [0.2, 0.25) is 0 Å². The average molecular weight is 346 g/mol. The second kappa shape index (κ2) is 6.70. The van der Waals surface area contributed by atoms with Crippen molar-refractivity contribution >= 4 is 34.3 Å². The predicted octanol–water partition coefficient (Wildman–Crippen LogP) is 2.09. The van der Waals surface area contributed by atoms with Crippen LogP contribution < -0.4 is 10.2 Å². The molecule has 0 spiro atoms. The van der Waals surface area contributed by atoms with Crippen LogP contribution in [-0.4, -0.2) is 47.1 Å². The molecule has 1 aliphatic heterocycles. The Morgan fingerprint density at radius 3 is 3.08 bits per heavy atom. The molecule has 0 aliphatic carbocycles. The molecule has 3 aromatic heterocycles. The molecule has 0 radical (unpaired) electrons. The molecule has 0 saturated carbocycles. The number of thiophene rings is 1. The number of nitrogens with one attached hydrogen (secondary N) is 1. The maximum atomic E-state index is 5.09. The number of anilines is 2. The number of hydrogen-bond acceptors (Lipinski definition) is 9. The zero-order valence-electron chi connectivity index (χ0n) is 13.4. The summed E-state index contributed by atoms with van der Waals surface area (Å²) < 4.78 is 9.85. The van der Waals surface area contributed by atoms with Crippen molar-refractivity contribution < 1.29 is 9.37 Å². The summed E-state index contributed by atoms with van der Waals surface area (Å²) in [5.74, 6) is 1.51. The molecule has 126 valence electrons. The molecule has 3 aromatic rings. The van der Waals surface area contributed by atoms with Crippen LogP contribution in [0, 0.1) is 0 Å².